The smallest absolute Gasteiger partial charge is 0.221 e. The van der Waals surface area contributed by atoms with Crippen LogP contribution in [0.25, 0.3) is 16.5 Å². The number of H-pyrrole nitrogens is 1. The quantitative estimate of drug-likeness (QED) is 0.411. The summed E-state index contributed by atoms with van der Waals surface area (Å²) in [6.45, 7) is 13.6. The van der Waals surface area contributed by atoms with Gasteiger partial charge in [0.2, 0.25) is 11.8 Å². The zero-order chi connectivity index (χ0) is 22.3. The Morgan fingerprint density at radius 3 is 2.10 bits per heavy atom. The molecule has 2 rings (SSSR count). The molecule has 0 saturated carbocycles. The van der Waals surface area contributed by atoms with Gasteiger partial charge >= 0.3 is 0 Å². The number of rotatable bonds is 9. The van der Waals surface area contributed by atoms with Crippen molar-refractivity contribution in [2.45, 2.75) is 60.3 Å². The Balaban J connectivity index is 2.12. The molecule has 0 spiro atoms. The van der Waals surface area contributed by atoms with Crippen LogP contribution in [0.5, 0.6) is 0 Å². The topological polar surface area (TPSA) is 74.0 Å². The maximum atomic E-state index is 11.5. The minimum Gasteiger partial charge on any atom is -0.355 e. The summed E-state index contributed by atoms with van der Waals surface area (Å²) in [5.74, 6) is -0.378. The third-order valence-electron chi connectivity index (χ3n) is 4.79. The van der Waals surface area contributed by atoms with E-state index in [1.165, 1.54) is 25.0 Å². The molecule has 0 aliphatic rings. The highest BCUT2D eigenvalue weighted by Crippen LogP contribution is 2.31. The number of anilines is 2. The summed E-state index contributed by atoms with van der Waals surface area (Å²) >= 11 is 0. The molecule has 0 aliphatic carbocycles. The summed E-state index contributed by atoms with van der Waals surface area (Å²) in [5, 5.41) is 6.51. The Bertz CT molecular complexity index is 952. The van der Waals surface area contributed by atoms with Crippen LogP contribution in [0.4, 0.5) is 11.4 Å². The van der Waals surface area contributed by atoms with E-state index in [0.29, 0.717) is 11.4 Å². The van der Waals surface area contributed by atoms with Gasteiger partial charge in [-0.05, 0) is 70.2 Å². The molecule has 3 N–H and O–H groups in total. The lowest BCUT2D eigenvalue weighted by molar-refractivity contribution is -0.115. The Labute approximate surface area is 179 Å². The monoisotopic (exact) mass is 407 g/mol. The van der Waals surface area contributed by atoms with Gasteiger partial charge in [0.15, 0.2) is 0 Å². The first-order valence-corrected chi connectivity index (χ1v) is 10.3. The highest BCUT2D eigenvalue weighted by atomic mass is 16.2. The van der Waals surface area contributed by atoms with Gasteiger partial charge in [-0.2, -0.15) is 0 Å². The molecule has 5 heteroatoms. The maximum absolute atomic E-state index is 11.5. The van der Waals surface area contributed by atoms with Crippen LogP contribution >= 0.6 is 0 Å². The zero-order valence-electron chi connectivity index (χ0n) is 18.7. The van der Waals surface area contributed by atoms with Crippen LogP contribution in [0.2, 0.25) is 0 Å². The maximum Gasteiger partial charge on any atom is 0.221 e. The number of carbonyl (C=O) groups excluding carboxylic acids is 2. The predicted octanol–water partition coefficient (Wildman–Crippen LogP) is 6.57. The van der Waals surface area contributed by atoms with E-state index in [4.69, 9.17) is 0 Å². The number of aromatic amines is 1. The van der Waals surface area contributed by atoms with Crippen molar-refractivity contribution in [3.05, 3.63) is 53.8 Å². The van der Waals surface area contributed by atoms with Gasteiger partial charge in [-0.15, -0.1) is 0 Å². The number of fused-ring (bicyclic) bond motifs is 1. The van der Waals surface area contributed by atoms with Crippen molar-refractivity contribution < 1.29 is 9.59 Å². The van der Waals surface area contributed by atoms with Crippen molar-refractivity contribution in [1.29, 1.82) is 0 Å². The van der Waals surface area contributed by atoms with Crippen molar-refractivity contribution in [3.63, 3.8) is 0 Å². The number of benzene rings is 1. The summed E-state index contributed by atoms with van der Waals surface area (Å²) < 4.78 is 0. The van der Waals surface area contributed by atoms with Gasteiger partial charge in [0.25, 0.3) is 0 Å². The van der Waals surface area contributed by atoms with E-state index < -0.39 is 0 Å². The first kappa shape index (κ1) is 23.2. The summed E-state index contributed by atoms with van der Waals surface area (Å²) in [6, 6.07) is 5.74. The summed E-state index contributed by atoms with van der Waals surface area (Å²) in [4.78, 5) is 26.4. The number of amides is 2. The SMILES string of the molecule is C=C(CC/C=C(\C)CCC=C(C)C)c1cc2cc(NC(C)=O)c(NC(C)=O)cc2[nH]1. The van der Waals surface area contributed by atoms with E-state index in [-0.39, 0.29) is 11.8 Å². The predicted molar refractivity (Wildman–Crippen MR) is 128 cm³/mol. The molecule has 5 nitrogen and oxygen atoms in total. The second kappa shape index (κ2) is 10.6. The molecule has 2 amide bonds. The van der Waals surface area contributed by atoms with E-state index >= 15 is 0 Å². The molecule has 0 aliphatic heterocycles. The van der Waals surface area contributed by atoms with E-state index in [1.807, 2.05) is 18.2 Å². The second-order valence-electron chi connectivity index (χ2n) is 8.04. The minimum atomic E-state index is -0.191. The molecule has 0 atom stereocenters. The highest BCUT2D eigenvalue weighted by Gasteiger charge is 2.11. The largest absolute Gasteiger partial charge is 0.355 e. The Morgan fingerprint density at radius 1 is 0.900 bits per heavy atom. The number of hydrogen-bond acceptors (Lipinski definition) is 2. The van der Waals surface area contributed by atoms with Gasteiger partial charge in [0.05, 0.1) is 11.4 Å². The van der Waals surface area contributed by atoms with Crippen LogP contribution < -0.4 is 10.6 Å². The lowest BCUT2D eigenvalue weighted by Gasteiger charge is -2.10. The van der Waals surface area contributed by atoms with Gasteiger partial charge < -0.3 is 15.6 Å². The van der Waals surface area contributed by atoms with Crippen LogP contribution in [0, 0.1) is 0 Å². The molecule has 0 bridgehead atoms. The number of hydrogen-bond donors (Lipinski definition) is 3. The zero-order valence-corrected chi connectivity index (χ0v) is 18.7. The fourth-order valence-electron chi connectivity index (χ4n) is 3.28. The number of nitrogens with one attached hydrogen (secondary N) is 3. The number of allylic oxidation sites excluding steroid dienone is 5. The van der Waals surface area contributed by atoms with Crippen molar-refractivity contribution in [2.75, 3.05) is 10.6 Å². The first-order chi connectivity index (χ1) is 14.2. The van der Waals surface area contributed by atoms with Gasteiger partial charge in [0, 0.05) is 30.4 Å². The molecule has 0 saturated heterocycles. The van der Waals surface area contributed by atoms with Crippen LogP contribution in [0.15, 0.2) is 48.1 Å². The Kier molecular flexibility index (Phi) is 8.22. The lowest BCUT2D eigenvalue weighted by Crippen LogP contribution is -2.12. The van der Waals surface area contributed by atoms with Gasteiger partial charge in [0.1, 0.15) is 0 Å². The lowest BCUT2D eigenvalue weighted by atomic mass is 10.0. The molecule has 0 radical (unpaired) electrons. The number of aromatic nitrogens is 1. The molecule has 2 aromatic rings. The van der Waals surface area contributed by atoms with Crippen LogP contribution in [0.1, 0.15) is 66.0 Å². The third-order valence-corrected chi connectivity index (χ3v) is 4.79. The molecular formula is C25H33N3O2. The van der Waals surface area contributed by atoms with E-state index in [0.717, 1.165) is 47.9 Å². The van der Waals surface area contributed by atoms with E-state index in [9.17, 15) is 9.59 Å². The van der Waals surface area contributed by atoms with Crippen molar-refractivity contribution in [1.82, 2.24) is 4.98 Å². The molecule has 160 valence electrons. The summed E-state index contributed by atoms with van der Waals surface area (Å²) in [6.07, 6.45) is 8.54. The van der Waals surface area contributed by atoms with Gasteiger partial charge in [-0.3, -0.25) is 9.59 Å². The molecule has 0 fully saturated rings. The third kappa shape index (κ3) is 7.07. The summed E-state index contributed by atoms with van der Waals surface area (Å²) in [7, 11) is 0. The van der Waals surface area contributed by atoms with Gasteiger partial charge in [-0.25, -0.2) is 0 Å². The molecular weight excluding hydrogens is 374 g/mol. The molecule has 1 aromatic heterocycles. The van der Waals surface area contributed by atoms with Crippen molar-refractivity contribution >= 4 is 39.7 Å². The van der Waals surface area contributed by atoms with E-state index in [2.05, 4.69) is 55.1 Å². The van der Waals surface area contributed by atoms with Crippen LogP contribution in [-0.4, -0.2) is 16.8 Å². The van der Waals surface area contributed by atoms with Crippen molar-refractivity contribution in [2.24, 2.45) is 0 Å². The van der Waals surface area contributed by atoms with Crippen molar-refractivity contribution in [3.8, 4) is 0 Å². The van der Waals surface area contributed by atoms with Crippen LogP contribution in [-0.2, 0) is 9.59 Å². The Hall–Kier alpha value is -3.08. The average Bonchev–Trinajstić information content (AvgIpc) is 3.03. The first-order valence-electron chi connectivity index (χ1n) is 10.3. The Morgan fingerprint density at radius 2 is 1.50 bits per heavy atom. The summed E-state index contributed by atoms with van der Waals surface area (Å²) in [5.41, 5.74) is 6.79. The van der Waals surface area contributed by atoms with E-state index in [1.54, 1.807) is 0 Å². The highest BCUT2D eigenvalue weighted by molar-refractivity contribution is 6.03. The normalized spacial score (nSPS) is 11.3. The molecule has 30 heavy (non-hydrogen) atoms. The fourth-order valence-corrected chi connectivity index (χ4v) is 3.28. The average molecular weight is 408 g/mol. The number of carbonyl (C=O) groups is 2. The standard InChI is InChI=1S/C25H33N3O2/c1-16(2)9-7-10-17(3)11-8-12-18(4)22-13-21-14-24(26-19(5)29)25(27-20(6)30)15-23(21)28-22/h9,11,13-15,28H,4,7-8,10,12H2,1-3,5-6H3,(H,26,29)(H,27,30)/b17-11+. The molecule has 1 aromatic carbocycles. The second-order valence-corrected chi connectivity index (χ2v) is 8.04. The fraction of sp³-hybridized carbons (Fsp3) is 0.360. The van der Waals surface area contributed by atoms with Crippen LogP contribution in [0.3, 0.4) is 0 Å². The minimum absolute atomic E-state index is 0.187. The van der Waals surface area contributed by atoms with Gasteiger partial charge in [-0.1, -0.05) is 29.9 Å². The molecule has 1 heterocycles. The molecule has 0 unspecified atom stereocenters.